The van der Waals surface area contributed by atoms with E-state index in [1.54, 1.807) is 38.0 Å². The fourth-order valence-electron chi connectivity index (χ4n) is 13.8. The summed E-state index contributed by atoms with van der Waals surface area (Å²) in [6.07, 6.45) is 18.1. The van der Waals surface area contributed by atoms with Gasteiger partial charge in [0.05, 0.1) is 53.0 Å². The molecule has 3 saturated heterocycles. The lowest BCUT2D eigenvalue weighted by Crippen LogP contribution is -2.61. The van der Waals surface area contributed by atoms with Crippen LogP contribution in [0.25, 0.3) is 86.9 Å². The summed E-state index contributed by atoms with van der Waals surface area (Å²) >= 11 is 5.08. The van der Waals surface area contributed by atoms with Gasteiger partial charge >= 0.3 is 0 Å². The van der Waals surface area contributed by atoms with Crippen LogP contribution in [0.3, 0.4) is 0 Å². The van der Waals surface area contributed by atoms with Gasteiger partial charge in [0.2, 0.25) is 5.78 Å². The van der Waals surface area contributed by atoms with Gasteiger partial charge in [0.25, 0.3) is 0 Å². The van der Waals surface area contributed by atoms with Crippen molar-refractivity contribution in [2.45, 2.75) is 148 Å². The van der Waals surface area contributed by atoms with E-state index in [0.29, 0.717) is 57.3 Å². The Hall–Kier alpha value is -8.05. The monoisotopic (exact) mass is 1260 g/mol. The number of anilines is 2. The summed E-state index contributed by atoms with van der Waals surface area (Å²) in [4.78, 5) is 32.1. The first-order valence-electron chi connectivity index (χ1n) is 30.6. The molecule has 3 fully saturated rings. The van der Waals surface area contributed by atoms with E-state index in [1.165, 1.54) is 34.2 Å². The summed E-state index contributed by atoms with van der Waals surface area (Å²) in [5.74, 6) is 0.973. The van der Waals surface area contributed by atoms with Gasteiger partial charge in [0.15, 0.2) is 33.0 Å². The van der Waals surface area contributed by atoms with Gasteiger partial charge in [-0.15, -0.1) is 31.7 Å². The number of nitrogens with one attached hydrogen (secondary N) is 3. The van der Waals surface area contributed by atoms with Crippen molar-refractivity contribution < 1.29 is 4.39 Å². The normalized spacial score (nSPS) is 17.6. The molecule has 0 bridgehead atoms. The molecule has 0 atom stereocenters. The highest BCUT2D eigenvalue weighted by molar-refractivity contribution is 7.22. The van der Waals surface area contributed by atoms with Crippen LogP contribution < -0.4 is 25.8 Å². The molecule has 0 unspecified atom stereocenters. The molecule has 0 radical (unpaired) electrons. The van der Waals surface area contributed by atoms with Gasteiger partial charge in [-0.25, -0.2) is 24.3 Å². The molecule has 464 valence electrons. The summed E-state index contributed by atoms with van der Waals surface area (Å²) in [6, 6.07) is 18.8. The van der Waals surface area contributed by atoms with Gasteiger partial charge in [-0.2, -0.15) is 20.3 Å². The number of fused-ring (bicyclic) bond motifs is 6. The third kappa shape index (κ3) is 12.7. The number of halogens is 1. The molecule has 3 N–H and O–H groups in total. The molecular weight excluding hydrogens is 1190 g/mol. The number of piperidine rings is 3. The van der Waals surface area contributed by atoms with Crippen molar-refractivity contribution in [1.29, 1.82) is 5.26 Å². The number of thiazole rings is 3. The second-order valence-electron chi connectivity index (χ2n) is 27.2. The highest BCUT2D eigenvalue weighted by Crippen LogP contribution is 2.40. The smallest absolute Gasteiger partial charge is 0.233 e. The molecule has 24 heteroatoms. The Morgan fingerprint density at radius 1 is 0.611 bits per heavy atom. The van der Waals surface area contributed by atoms with E-state index in [2.05, 4.69) is 166 Å². The highest BCUT2D eigenvalue weighted by atomic mass is 32.1. The Bertz CT molecular complexity index is 4690. The number of nitriles is 1. The number of hydrogen-bond donors (Lipinski definition) is 3. The Morgan fingerprint density at radius 3 is 1.80 bits per heavy atom. The predicted molar refractivity (Wildman–Crippen MR) is 360 cm³/mol. The van der Waals surface area contributed by atoms with E-state index in [9.17, 15) is 9.65 Å². The molecule has 0 spiro atoms. The first kappa shape index (κ1) is 60.8. The largest absolute Gasteiger partial charge is 0.348 e. The molecule has 0 saturated carbocycles. The quantitative estimate of drug-likeness (QED) is 0.129. The minimum atomic E-state index is -0.377. The molecular formula is C66H75FN20S3. The fraction of sp³-hybridized carbons (Fsp3) is 0.424. The summed E-state index contributed by atoms with van der Waals surface area (Å²) in [5.41, 5.74) is 11.0. The van der Waals surface area contributed by atoms with E-state index < -0.39 is 0 Å². The van der Waals surface area contributed by atoms with Crippen LogP contribution in [0.2, 0.25) is 0 Å². The van der Waals surface area contributed by atoms with E-state index >= 15 is 0 Å². The molecule has 10 aromatic heterocycles. The lowest BCUT2D eigenvalue weighted by atomic mass is 9.79. The number of rotatable bonds is 8. The van der Waals surface area contributed by atoms with Crippen LogP contribution in [0.1, 0.15) is 122 Å². The molecule has 12 aromatic rings. The summed E-state index contributed by atoms with van der Waals surface area (Å²) in [7, 11) is 6.09. The van der Waals surface area contributed by atoms with Crippen LogP contribution in [0.5, 0.6) is 0 Å². The third-order valence-corrected chi connectivity index (χ3v) is 20.6. The zero-order valence-electron chi connectivity index (χ0n) is 53.2. The van der Waals surface area contributed by atoms with E-state index in [-0.39, 0.29) is 28.0 Å². The number of hydrogen-bond acceptors (Lipinski definition) is 20. The molecule has 20 nitrogen and oxygen atoms in total. The molecule has 2 aromatic carbocycles. The zero-order valence-corrected chi connectivity index (χ0v) is 55.6. The number of benzene rings is 2. The standard InChI is InChI=1S/C24H28N8S.C23H28FN7S.C19H19N5S/c1-23(2)10-17(11-24(3,4)30-23)32(6)22-26-21-19(33-22)9-18(27-28-21)14-7-15(12-25)20-16(8-14)13-31(5)29-20;1-13-11-31-12-14(7-16(24)20(31)25-13)17-8-18-19(28-27-17)26-21(32-18)30(6)15-9-22(2,3)29-23(4,5)10-15;1-12-10-24-11-15(9-21-19(24)22-12)14-2-3-16-17(8-14)25-18(23-16)13-4-6-20-7-5-13/h7-9,13,17,30H,10-11H2,1-6H3;7-8,11-12,15,29H,9-10H2,1-6H3;2-3,8-11,13,20H,4-7H2,1H3. The molecule has 13 heterocycles. The molecule has 90 heavy (non-hydrogen) atoms. The molecule has 0 amide bonds. The Morgan fingerprint density at radius 2 is 1.19 bits per heavy atom. The van der Waals surface area contributed by atoms with Crippen LogP contribution in [-0.2, 0) is 7.05 Å². The number of pyridine rings is 1. The molecule has 3 aliphatic rings. The number of nitrogens with zero attached hydrogens (tertiary/aromatic N) is 17. The zero-order chi connectivity index (χ0) is 63.2. The number of aryl methyl sites for hydroxylation is 3. The maximum atomic E-state index is 14.5. The second kappa shape index (κ2) is 23.3. The summed E-state index contributed by atoms with van der Waals surface area (Å²) < 4.78 is 23.1. The average Bonchev–Trinajstić information content (AvgIpc) is 1.63. The Balaban J connectivity index is 0.000000125. The van der Waals surface area contributed by atoms with Crippen molar-refractivity contribution in [3.63, 3.8) is 0 Å². The van der Waals surface area contributed by atoms with Crippen LogP contribution in [-0.4, -0.2) is 130 Å². The van der Waals surface area contributed by atoms with Gasteiger partial charge in [0, 0.05) is 121 Å². The molecule has 15 rings (SSSR count). The minimum Gasteiger partial charge on any atom is -0.348 e. The van der Waals surface area contributed by atoms with Crippen LogP contribution in [0.4, 0.5) is 14.7 Å². The van der Waals surface area contributed by atoms with Gasteiger partial charge < -0.3 is 30.2 Å². The predicted octanol–water partition coefficient (Wildman–Crippen LogP) is 12.6. The lowest BCUT2D eigenvalue weighted by molar-refractivity contribution is 0.160. The van der Waals surface area contributed by atoms with Crippen molar-refractivity contribution >= 4 is 97.5 Å². The average molecular weight is 1260 g/mol. The van der Waals surface area contributed by atoms with Crippen molar-refractivity contribution in [3.05, 3.63) is 113 Å². The third-order valence-electron chi connectivity index (χ3n) is 17.2. The summed E-state index contributed by atoms with van der Waals surface area (Å²) in [5, 5.41) is 46.5. The van der Waals surface area contributed by atoms with E-state index in [4.69, 9.17) is 15.0 Å². The number of imidazole rings is 2. The van der Waals surface area contributed by atoms with Gasteiger partial charge in [0.1, 0.15) is 11.6 Å². The Kier molecular flexibility index (Phi) is 15.8. The fourth-order valence-corrected chi connectivity index (χ4v) is 16.9. The minimum absolute atomic E-state index is 0.0543. The first-order valence-corrected chi connectivity index (χ1v) is 33.0. The second-order valence-corrected chi connectivity index (χ2v) is 30.3. The van der Waals surface area contributed by atoms with Crippen molar-refractivity contribution in [1.82, 2.24) is 84.8 Å². The van der Waals surface area contributed by atoms with Gasteiger partial charge in [-0.1, -0.05) is 28.7 Å². The first-order chi connectivity index (χ1) is 42.8. The maximum Gasteiger partial charge on any atom is 0.233 e. The summed E-state index contributed by atoms with van der Waals surface area (Å²) in [6.45, 7) is 24.1. The van der Waals surface area contributed by atoms with Gasteiger partial charge in [-0.05, 0) is 169 Å². The molecule has 3 aliphatic heterocycles. The lowest BCUT2D eigenvalue weighted by Gasteiger charge is -2.48. The van der Waals surface area contributed by atoms with Crippen molar-refractivity contribution in [3.8, 4) is 39.7 Å². The topological polar surface area (TPSA) is 222 Å². The van der Waals surface area contributed by atoms with E-state index in [1.807, 2.05) is 85.7 Å². The Labute approximate surface area is 534 Å². The van der Waals surface area contributed by atoms with Crippen molar-refractivity contribution in [2.75, 3.05) is 37.0 Å². The van der Waals surface area contributed by atoms with Crippen molar-refractivity contribution in [2.24, 2.45) is 7.05 Å². The van der Waals surface area contributed by atoms with Crippen LogP contribution in [0, 0.1) is 31.0 Å². The van der Waals surface area contributed by atoms with Gasteiger partial charge in [-0.3, -0.25) is 9.08 Å². The molecule has 0 aliphatic carbocycles. The van der Waals surface area contributed by atoms with Crippen LogP contribution in [0.15, 0.2) is 85.7 Å². The maximum absolute atomic E-state index is 14.5. The number of aromatic nitrogens is 14. The highest BCUT2D eigenvalue weighted by Gasteiger charge is 2.41. The van der Waals surface area contributed by atoms with Crippen LogP contribution >= 0.6 is 34.0 Å². The SMILES string of the molecule is CN(c1nc2nnc(-c3cc(C#N)c4nn(C)cc4c3)cc2s1)C1CC(C)(C)NC(C)(C)C1.Cc1cn2cc(-c3cc4sc(N(C)C5CC(C)(C)NC(C)(C)C5)nc4nn3)cc(F)c2n1.Cc1cn2cc(-c3ccc4nc(C5CCNCC5)sc4c3)cnc2n1. The van der Waals surface area contributed by atoms with E-state index in [0.717, 1.165) is 103 Å².